The van der Waals surface area contributed by atoms with Crippen molar-refractivity contribution >= 4 is 39.1 Å². The van der Waals surface area contributed by atoms with E-state index in [9.17, 15) is 4.79 Å². The molecular formula is C13H18BrClN2O2. The molecule has 0 fully saturated rings. The van der Waals surface area contributed by atoms with Crippen LogP contribution < -0.4 is 10.6 Å². The monoisotopic (exact) mass is 348 g/mol. The van der Waals surface area contributed by atoms with Gasteiger partial charge < -0.3 is 15.4 Å². The normalized spacial score (nSPS) is 12.0. The Hall–Kier alpha value is -0.780. The summed E-state index contributed by atoms with van der Waals surface area (Å²) in [7, 11) is 1.64. The van der Waals surface area contributed by atoms with Crippen molar-refractivity contribution in [3.05, 3.63) is 27.7 Å². The zero-order chi connectivity index (χ0) is 14.3. The quantitative estimate of drug-likeness (QED) is 0.744. The van der Waals surface area contributed by atoms with Gasteiger partial charge in [0.2, 0.25) is 5.91 Å². The van der Waals surface area contributed by atoms with Crippen LogP contribution in [0.25, 0.3) is 0 Å². The Morgan fingerprint density at radius 1 is 1.53 bits per heavy atom. The lowest BCUT2D eigenvalue weighted by Gasteiger charge is -2.15. The average Bonchev–Trinajstić information content (AvgIpc) is 2.38. The maximum Gasteiger partial charge on any atom is 0.242 e. The number of carbonyl (C=O) groups excluding carboxylic acids is 1. The molecule has 1 unspecified atom stereocenters. The Bertz CT molecular complexity index is 429. The molecule has 1 aromatic rings. The van der Waals surface area contributed by atoms with Crippen LogP contribution in [-0.2, 0) is 9.53 Å². The second-order valence-corrected chi connectivity index (χ2v) is 5.39. The summed E-state index contributed by atoms with van der Waals surface area (Å²) in [6.07, 6.45) is 0.807. The van der Waals surface area contributed by atoms with Gasteiger partial charge in [-0.25, -0.2) is 0 Å². The minimum absolute atomic E-state index is 0.0397. The predicted octanol–water partition coefficient (Wildman–Crippen LogP) is 3.06. The van der Waals surface area contributed by atoms with Crippen molar-refractivity contribution in [3.63, 3.8) is 0 Å². The fourth-order valence-electron chi connectivity index (χ4n) is 1.48. The van der Waals surface area contributed by atoms with E-state index in [4.69, 9.17) is 16.3 Å². The van der Waals surface area contributed by atoms with Crippen molar-refractivity contribution in [2.45, 2.75) is 19.4 Å². The van der Waals surface area contributed by atoms with Crippen molar-refractivity contribution < 1.29 is 9.53 Å². The van der Waals surface area contributed by atoms with Crippen LogP contribution in [0, 0.1) is 0 Å². The molecule has 2 N–H and O–H groups in total. The van der Waals surface area contributed by atoms with Gasteiger partial charge in [0, 0.05) is 30.4 Å². The van der Waals surface area contributed by atoms with E-state index in [1.54, 1.807) is 13.2 Å². The van der Waals surface area contributed by atoms with Gasteiger partial charge in [0.05, 0.1) is 5.02 Å². The third kappa shape index (κ3) is 5.80. The Balaban J connectivity index is 2.42. The molecule has 0 aromatic heterocycles. The molecule has 0 aliphatic rings. The first-order chi connectivity index (χ1) is 9.04. The van der Waals surface area contributed by atoms with E-state index in [0.29, 0.717) is 18.2 Å². The number of hydrogen-bond acceptors (Lipinski definition) is 3. The molecule has 106 valence electrons. The van der Waals surface area contributed by atoms with Crippen LogP contribution in [0.1, 0.15) is 13.3 Å². The minimum atomic E-state index is -0.310. The highest BCUT2D eigenvalue weighted by Gasteiger charge is 2.12. The first-order valence-corrected chi connectivity index (χ1v) is 7.20. The van der Waals surface area contributed by atoms with Gasteiger partial charge in [-0.3, -0.25) is 4.79 Å². The highest BCUT2D eigenvalue weighted by molar-refractivity contribution is 9.10. The van der Waals surface area contributed by atoms with Crippen molar-refractivity contribution in [3.8, 4) is 0 Å². The van der Waals surface area contributed by atoms with Gasteiger partial charge in [0.1, 0.15) is 6.04 Å². The summed E-state index contributed by atoms with van der Waals surface area (Å²) in [6, 6.07) is 5.14. The molecule has 1 amide bonds. The van der Waals surface area contributed by atoms with Crippen LogP contribution in [0.2, 0.25) is 5.02 Å². The summed E-state index contributed by atoms with van der Waals surface area (Å²) in [5, 5.41) is 6.60. The van der Waals surface area contributed by atoms with Gasteiger partial charge in [0.25, 0.3) is 0 Å². The lowest BCUT2D eigenvalue weighted by molar-refractivity contribution is -0.121. The first kappa shape index (κ1) is 16.3. The van der Waals surface area contributed by atoms with Crippen LogP contribution in [0.5, 0.6) is 0 Å². The van der Waals surface area contributed by atoms with E-state index in [-0.39, 0.29) is 11.9 Å². The summed E-state index contributed by atoms with van der Waals surface area (Å²) < 4.78 is 5.72. The summed E-state index contributed by atoms with van der Waals surface area (Å²) in [5.74, 6) is -0.0397. The SMILES string of the molecule is COCCCNC(=O)C(C)Nc1ccc(Cl)c(Br)c1. The molecule has 1 rings (SSSR count). The van der Waals surface area contributed by atoms with Gasteiger partial charge in [-0.1, -0.05) is 11.6 Å². The first-order valence-electron chi connectivity index (χ1n) is 6.03. The summed E-state index contributed by atoms with van der Waals surface area (Å²) in [5.41, 5.74) is 0.843. The second kappa shape index (κ2) is 8.40. The standard InChI is InChI=1S/C13H18BrClN2O2/c1-9(13(18)16-6-3-7-19-2)17-10-4-5-12(15)11(14)8-10/h4-5,8-9,17H,3,6-7H2,1-2H3,(H,16,18). The molecule has 4 nitrogen and oxygen atoms in total. The Labute approximate surface area is 127 Å². The van der Waals surface area contributed by atoms with E-state index in [1.165, 1.54) is 0 Å². The molecule has 0 bridgehead atoms. The molecule has 0 spiro atoms. The number of anilines is 1. The fourth-order valence-corrected chi connectivity index (χ4v) is 1.98. The lowest BCUT2D eigenvalue weighted by atomic mass is 10.2. The van der Waals surface area contributed by atoms with Gasteiger partial charge in [-0.05, 0) is 47.5 Å². The maximum absolute atomic E-state index is 11.8. The zero-order valence-electron chi connectivity index (χ0n) is 11.0. The van der Waals surface area contributed by atoms with Crippen molar-refractivity contribution in [2.24, 2.45) is 0 Å². The largest absolute Gasteiger partial charge is 0.385 e. The fraction of sp³-hybridized carbons (Fsp3) is 0.462. The highest BCUT2D eigenvalue weighted by Crippen LogP contribution is 2.25. The molecule has 0 aliphatic carbocycles. The van der Waals surface area contributed by atoms with Crippen LogP contribution in [0.4, 0.5) is 5.69 Å². The minimum Gasteiger partial charge on any atom is -0.385 e. The van der Waals surface area contributed by atoms with Crippen molar-refractivity contribution in [2.75, 3.05) is 25.6 Å². The number of hydrogen-bond donors (Lipinski definition) is 2. The molecule has 19 heavy (non-hydrogen) atoms. The molecule has 1 atom stereocenters. The molecule has 0 radical (unpaired) electrons. The smallest absolute Gasteiger partial charge is 0.242 e. The average molecular weight is 350 g/mol. The number of amides is 1. The van der Waals surface area contributed by atoms with E-state index in [0.717, 1.165) is 16.6 Å². The Morgan fingerprint density at radius 3 is 2.89 bits per heavy atom. The Kier molecular flexibility index (Phi) is 7.20. The lowest BCUT2D eigenvalue weighted by Crippen LogP contribution is -2.38. The third-order valence-electron chi connectivity index (χ3n) is 2.52. The van der Waals surface area contributed by atoms with E-state index < -0.39 is 0 Å². The van der Waals surface area contributed by atoms with E-state index in [1.807, 2.05) is 19.1 Å². The highest BCUT2D eigenvalue weighted by atomic mass is 79.9. The number of nitrogens with one attached hydrogen (secondary N) is 2. The maximum atomic E-state index is 11.8. The van der Waals surface area contributed by atoms with Gasteiger partial charge in [-0.2, -0.15) is 0 Å². The number of benzene rings is 1. The molecule has 6 heteroatoms. The summed E-state index contributed by atoms with van der Waals surface area (Å²) in [6.45, 7) is 3.07. The van der Waals surface area contributed by atoms with Gasteiger partial charge in [0.15, 0.2) is 0 Å². The van der Waals surface area contributed by atoms with Crippen LogP contribution in [0.3, 0.4) is 0 Å². The van der Waals surface area contributed by atoms with E-state index in [2.05, 4.69) is 26.6 Å². The molecular weight excluding hydrogens is 332 g/mol. The molecule has 0 heterocycles. The topological polar surface area (TPSA) is 50.4 Å². The zero-order valence-corrected chi connectivity index (χ0v) is 13.3. The molecule has 0 saturated carbocycles. The molecule has 1 aromatic carbocycles. The van der Waals surface area contributed by atoms with Crippen LogP contribution >= 0.6 is 27.5 Å². The van der Waals surface area contributed by atoms with Crippen LogP contribution in [-0.4, -0.2) is 32.2 Å². The number of rotatable bonds is 7. The number of ether oxygens (including phenoxy) is 1. The van der Waals surface area contributed by atoms with Crippen molar-refractivity contribution in [1.82, 2.24) is 5.32 Å². The number of carbonyl (C=O) groups is 1. The van der Waals surface area contributed by atoms with E-state index >= 15 is 0 Å². The summed E-state index contributed by atoms with van der Waals surface area (Å²) >= 11 is 9.26. The Morgan fingerprint density at radius 2 is 2.26 bits per heavy atom. The molecule has 0 saturated heterocycles. The van der Waals surface area contributed by atoms with Gasteiger partial charge in [-0.15, -0.1) is 0 Å². The predicted molar refractivity (Wildman–Crippen MR) is 81.7 cm³/mol. The van der Waals surface area contributed by atoms with Crippen molar-refractivity contribution in [1.29, 1.82) is 0 Å². The second-order valence-electron chi connectivity index (χ2n) is 4.13. The number of halogens is 2. The summed E-state index contributed by atoms with van der Waals surface area (Å²) in [4.78, 5) is 11.8. The van der Waals surface area contributed by atoms with Gasteiger partial charge >= 0.3 is 0 Å². The third-order valence-corrected chi connectivity index (χ3v) is 3.73. The van der Waals surface area contributed by atoms with Crippen LogP contribution in [0.15, 0.2) is 22.7 Å². The molecule has 0 aliphatic heterocycles. The number of methoxy groups -OCH3 is 1.